The second-order valence-electron chi connectivity index (χ2n) is 6.49. The van der Waals surface area contributed by atoms with Crippen LogP contribution in [0, 0.1) is 11.3 Å². The molecule has 2 heterocycles. The second kappa shape index (κ2) is 9.47. The summed E-state index contributed by atoms with van der Waals surface area (Å²) in [7, 11) is 0. The van der Waals surface area contributed by atoms with E-state index >= 15 is 0 Å². The minimum atomic E-state index is -4.59. The zero-order valence-corrected chi connectivity index (χ0v) is 16.3. The van der Waals surface area contributed by atoms with Crippen LogP contribution >= 0.6 is 0 Å². The number of carbonyl (C=O) groups is 1. The summed E-state index contributed by atoms with van der Waals surface area (Å²) in [6, 6.07) is 1.54. The van der Waals surface area contributed by atoms with Crippen molar-refractivity contribution in [2.24, 2.45) is 0 Å². The lowest BCUT2D eigenvalue weighted by molar-refractivity contribution is -0.132. The third-order valence-corrected chi connectivity index (χ3v) is 4.59. The van der Waals surface area contributed by atoms with Crippen molar-refractivity contribution in [3.63, 3.8) is 0 Å². The monoisotopic (exact) mass is 409 g/mol. The normalized spacial score (nSPS) is 16.6. The van der Waals surface area contributed by atoms with E-state index in [1.54, 1.807) is 4.90 Å². The van der Waals surface area contributed by atoms with Crippen LogP contribution < -0.4 is 0 Å². The number of tetrazole rings is 1. The van der Waals surface area contributed by atoms with Crippen LogP contribution in [0.1, 0.15) is 26.1 Å². The second-order valence-corrected chi connectivity index (χ2v) is 6.49. The number of hydrogen-bond acceptors (Lipinski definition) is 6. The first-order valence-electron chi connectivity index (χ1n) is 9.00. The highest BCUT2D eigenvalue weighted by Crippen LogP contribution is 2.28. The van der Waals surface area contributed by atoms with E-state index in [-0.39, 0.29) is 11.6 Å². The fraction of sp³-hybridized carbons (Fsp3) is 0.500. The maximum absolute atomic E-state index is 12.8. The predicted molar refractivity (Wildman–Crippen MR) is 98.8 cm³/mol. The van der Waals surface area contributed by atoms with Crippen molar-refractivity contribution in [3.8, 4) is 6.07 Å². The van der Waals surface area contributed by atoms with Gasteiger partial charge in [0.15, 0.2) is 5.82 Å². The first kappa shape index (κ1) is 22.3. The molecule has 1 saturated heterocycles. The molecule has 0 atom stereocenters. The number of hydrogen-bond donors (Lipinski definition) is 0. The average Bonchev–Trinajstić information content (AvgIpc) is 3.15. The maximum Gasteiger partial charge on any atom is 0.413 e. The van der Waals surface area contributed by atoms with Crippen LogP contribution in [0.5, 0.6) is 0 Å². The molecule has 0 radical (unpaired) electrons. The van der Waals surface area contributed by atoms with Crippen molar-refractivity contribution < 1.29 is 18.0 Å². The van der Waals surface area contributed by atoms with Gasteiger partial charge in [-0.2, -0.15) is 23.1 Å². The Morgan fingerprint density at radius 2 is 1.93 bits per heavy atom. The molecule has 0 saturated carbocycles. The van der Waals surface area contributed by atoms with E-state index in [9.17, 15) is 18.0 Å². The molecule has 1 aromatic heterocycles. The van der Waals surface area contributed by atoms with Gasteiger partial charge in [0.05, 0.1) is 23.9 Å². The number of piperazine rings is 1. The van der Waals surface area contributed by atoms with Gasteiger partial charge in [0.2, 0.25) is 5.91 Å². The van der Waals surface area contributed by atoms with Crippen molar-refractivity contribution in [3.05, 3.63) is 35.7 Å². The van der Waals surface area contributed by atoms with Gasteiger partial charge in [-0.05, 0) is 29.5 Å². The van der Waals surface area contributed by atoms with Crippen molar-refractivity contribution >= 4 is 11.6 Å². The van der Waals surface area contributed by atoms with Crippen molar-refractivity contribution in [2.75, 3.05) is 26.2 Å². The molecule has 2 rings (SSSR count). The topological polar surface area (TPSA) is 90.9 Å². The summed E-state index contributed by atoms with van der Waals surface area (Å²) in [6.45, 7) is 9.39. The number of nitrogens with zero attached hydrogens (tertiary/aromatic N) is 7. The molecule has 0 bridgehead atoms. The van der Waals surface area contributed by atoms with Crippen LogP contribution in [0.15, 0.2) is 29.9 Å². The van der Waals surface area contributed by atoms with Crippen molar-refractivity contribution in [2.45, 2.75) is 33.0 Å². The number of halogens is 3. The Balaban J connectivity index is 2.06. The lowest BCUT2D eigenvalue weighted by Crippen LogP contribution is -2.48. The Morgan fingerprint density at radius 1 is 1.28 bits per heavy atom. The molecule has 0 spiro atoms. The molecule has 11 heteroatoms. The van der Waals surface area contributed by atoms with E-state index in [4.69, 9.17) is 5.26 Å². The molecule has 0 unspecified atom stereocenters. The summed E-state index contributed by atoms with van der Waals surface area (Å²) in [6.07, 6.45) is -1.80. The van der Waals surface area contributed by atoms with Crippen LogP contribution in [0.3, 0.4) is 0 Å². The molecule has 1 aromatic rings. The van der Waals surface area contributed by atoms with Crippen molar-refractivity contribution in [1.29, 1.82) is 5.26 Å². The lowest BCUT2D eigenvalue weighted by Gasteiger charge is -2.34. The van der Waals surface area contributed by atoms with Gasteiger partial charge in [-0.3, -0.25) is 9.69 Å². The summed E-state index contributed by atoms with van der Waals surface area (Å²) in [5.74, 6) is 0.577. The summed E-state index contributed by atoms with van der Waals surface area (Å²) in [4.78, 5) is 15.6. The van der Waals surface area contributed by atoms with Gasteiger partial charge in [-0.15, -0.1) is 5.10 Å². The van der Waals surface area contributed by atoms with E-state index in [2.05, 4.69) is 27.0 Å². The van der Waals surface area contributed by atoms with Crippen LogP contribution in [0.25, 0.3) is 5.70 Å². The molecule has 0 aliphatic carbocycles. The molecule has 1 amide bonds. The Labute approximate surface area is 166 Å². The highest BCUT2D eigenvalue weighted by molar-refractivity contribution is 5.75. The first-order valence-corrected chi connectivity index (χ1v) is 9.00. The van der Waals surface area contributed by atoms with Crippen LogP contribution in [-0.2, 0) is 11.3 Å². The molecule has 1 aliphatic heterocycles. The van der Waals surface area contributed by atoms with E-state index < -0.39 is 17.3 Å². The Morgan fingerprint density at radius 3 is 2.48 bits per heavy atom. The van der Waals surface area contributed by atoms with Gasteiger partial charge in [0.25, 0.3) is 0 Å². The molecular formula is C18H22F3N7O. The molecule has 0 aromatic carbocycles. The van der Waals surface area contributed by atoms with E-state index in [1.807, 2.05) is 6.92 Å². The molecule has 0 N–H and O–H groups in total. The summed E-state index contributed by atoms with van der Waals surface area (Å²) in [5.41, 5.74) is -1.27. The smallest absolute Gasteiger partial charge is 0.340 e. The Hall–Kier alpha value is -3.00. The van der Waals surface area contributed by atoms with Gasteiger partial charge in [0, 0.05) is 38.2 Å². The van der Waals surface area contributed by atoms with Crippen molar-refractivity contribution in [1.82, 2.24) is 30.0 Å². The maximum atomic E-state index is 12.8. The highest BCUT2D eigenvalue weighted by Gasteiger charge is 2.32. The summed E-state index contributed by atoms with van der Waals surface area (Å²) in [5, 5.41) is 20.4. The van der Waals surface area contributed by atoms with Gasteiger partial charge >= 0.3 is 6.18 Å². The van der Waals surface area contributed by atoms with E-state index in [0.717, 1.165) is 13.0 Å². The van der Waals surface area contributed by atoms with Gasteiger partial charge in [-0.25, -0.2) is 0 Å². The van der Waals surface area contributed by atoms with Crippen LogP contribution in [0.2, 0.25) is 0 Å². The molecule has 8 nitrogen and oxygen atoms in total. The number of carbonyl (C=O) groups excluding carboxylic acids is 1. The fourth-order valence-electron chi connectivity index (χ4n) is 2.76. The van der Waals surface area contributed by atoms with Gasteiger partial charge in [0.1, 0.15) is 0 Å². The van der Waals surface area contributed by atoms with Gasteiger partial charge < -0.3 is 4.90 Å². The zero-order chi connectivity index (χ0) is 21.6. The standard InChI is InChI=1S/C18H22F3N7O/c1-4-17(29)27-9-7-26(8-10-27)12-16-23-24-25-28(16)13(2)5-6-15(11-22)14(3)18(19,20)21/h5-6H,2,4,7-10,12H2,1,3H3/b6-5-,15-14-. The number of aromatic nitrogens is 4. The van der Waals surface area contributed by atoms with Crippen LogP contribution in [-0.4, -0.2) is 68.3 Å². The third-order valence-electron chi connectivity index (χ3n) is 4.59. The largest absolute Gasteiger partial charge is 0.413 e. The number of amides is 1. The Bertz CT molecular complexity index is 856. The van der Waals surface area contributed by atoms with Crippen LogP contribution in [0.4, 0.5) is 13.2 Å². The fourth-order valence-corrected chi connectivity index (χ4v) is 2.76. The summed E-state index contributed by atoms with van der Waals surface area (Å²) < 4.78 is 39.6. The minimum absolute atomic E-state index is 0.114. The number of nitriles is 1. The molecule has 156 valence electrons. The highest BCUT2D eigenvalue weighted by atomic mass is 19.4. The minimum Gasteiger partial charge on any atom is -0.340 e. The first-order chi connectivity index (χ1) is 13.7. The number of alkyl halides is 3. The predicted octanol–water partition coefficient (Wildman–Crippen LogP) is 2.16. The average molecular weight is 409 g/mol. The SMILES string of the molecule is C=C(/C=C\C(C#N)=C(/C)C(F)(F)F)n1nnnc1CN1CCN(C(=O)CC)CC1. The molecule has 29 heavy (non-hydrogen) atoms. The molecule has 1 fully saturated rings. The quantitative estimate of drug-likeness (QED) is 0.528. The third kappa shape index (κ3) is 5.74. The van der Waals surface area contributed by atoms with E-state index in [0.29, 0.717) is 45.0 Å². The van der Waals surface area contributed by atoms with E-state index in [1.165, 1.54) is 16.8 Å². The van der Waals surface area contributed by atoms with Gasteiger partial charge in [-0.1, -0.05) is 13.5 Å². The molecule has 1 aliphatic rings. The number of rotatable bonds is 6. The zero-order valence-electron chi connectivity index (χ0n) is 16.3. The lowest BCUT2D eigenvalue weighted by atomic mass is 10.1. The number of allylic oxidation sites excluding steroid dienone is 5. The molecular weight excluding hydrogens is 387 g/mol. The Kier molecular flexibility index (Phi) is 7.28. The summed E-state index contributed by atoms with van der Waals surface area (Å²) >= 11 is 0.